The van der Waals surface area contributed by atoms with Gasteiger partial charge < -0.3 is 5.32 Å². The summed E-state index contributed by atoms with van der Waals surface area (Å²) in [7, 11) is 0. The Hall–Kier alpha value is -1.61. The molecule has 3 nitrogen and oxygen atoms in total. The molecule has 0 bridgehead atoms. The Morgan fingerprint density at radius 3 is 2.75 bits per heavy atom. The van der Waals surface area contributed by atoms with Crippen molar-refractivity contribution in [1.82, 2.24) is 15.1 Å². The van der Waals surface area contributed by atoms with E-state index in [0.717, 1.165) is 25.3 Å². The third kappa shape index (κ3) is 4.20. The molecule has 1 aromatic heterocycles. The van der Waals surface area contributed by atoms with Crippen LogP contribution in [0.3, 0.4) is 0 Å². The second-order valence-corrected chi connectivity index (χ2v) is 5.95. The van der Waals surface area contributed by atoms with E-state index in [1.807, 2.05) is 4.68 Å². The van der Waals surface area contributed by atoms with Crippen LogP contribution < -0.4 is 5.32 Å². The van der Waals surface area contributed by atoms with Crippen LogP contribution in [0.15, 0.2) is 30.5 Å². The third-order valence-corrected chi connectivity index (χ3v) is 3.34. The van der Waals surface area contributed by atoms with E-state index in [2.05, 4.69) is 68.6 Å². The van der Waals surface area contributed by atoms with Gasteiger partial charge in [0.25, 0.3) is 0 Å². The van der Waals surface area contributed by atoms with Gasteiger partial charge >= 0.3 is 0 Å². The summed E-state index contributed by atoms with van der Waals surface area (Å²) in [5.41, 5.74) is 5.01. The van der Waals surface area contributed by atoms with E-state index in [-0.39, 0.29) is 0 Å². The fraction of sp³-hybridized carbons (Fsp3) is 0.471. The Morgan fingerprint density at radius 2 is 2.05 bits per heavy atom. The fourth-order valence-electron chi connectivity index (χ4n) is 2.31. The molecule has 1 aromatic carbocycles. The molecule has 2 rings (SSSR count). The van der Waals surface area contributed by atoms with Gasteiger partial charge in [-0.1, -0.05) is 43.7 Å². The standard InChI is InChI=1S/C17H25N3/c1-13(2)9-18-10-17-12-20(19-15(17)4)11-16-7-5-6-14(3)8-16/h5-8,12-13,18H,9-11H2,1-4H3. The summed E-state index contributed by atoms with van der Waals surface area (Å²) in [4.78, 5) is 0. The predicted octanol–water partition coefficient (Wildman–Crippen LogP) is 3.29. The second kappa shape index (κ2) is 6.71. The van der Waals surface area contributed by atoms with Crippen LogP contribution in [0.2, 0.25) is 0 Å². The zero-order valence-corrected chi connectivity index (χ0v) is 13.0. The SMILES string of the molecule is Cc1cccc(Cn2cc(CNCC(C)C)c(C)n2)c1. The Balaban J connectivity index is 2.00. The van der Waals surface area contributed by atoms with E-state index in [1.54, 1.807) is 0 Å². The van der Waals surface area contributed by atoms with Crippen molar-refractivity contribution in [1.29, 1.82) is 0 Å². The third-order valence-electron chi connectivity index (χ3n) is 3.34. The second-order valence-electron chi connectivity index (χ2n) is 5.95. The molecule has 0 saturated carbocycles. The predicted molar refractivity (Wildman–Crippen MR) is 83.8 cm³/mol. The molecule has 0 aliphatic carbocycles. The average molecular weight is 271 g/mol. The Kier molecular flexibility index (Phi) is 4.96. The molecule has 0 unspecified atom stereocenters. The van der Waals surface area contributed by atoms with Crippen molar-refractivity contribution in [2.24, 2.45) is 5.92 Å². The lowest BCUT2D eigenvalue weighted by atomic mass is 10.1. The summed E-state index contributed by atoms with van der Waals surface area (Å²) < 4.78 is 2.04. The van der Waals surface area contributed by atoms with Gasteiger partial charge in [-0.3, -0.25) is 4.68 Å². The van der Waals surface area contributed by atoms with Crippen LogP contribution in [-0.4, -0.2) is 16.3 Å². The first kappa shape index (κ1) is 14.8. The van der Waals surface area contributed by atoms with E-state index >= 15 is 0 Å². The fourth-order valence-corrected chi connectivity index (χ4v) is 2.31. The number of hydrogen-bond acceptors (Lipinski definition) is 2. The summed E-state index contributed by atoms with van der Waals surface area (Å²) in [5.74, 6) is 0.678. The van der Waals surface area contributed by atoms with Crippen molar-refractivity contribution < 1.29 is 0 Å². The number of rotatable bonds is 6. The normalized spacial score (nSPS) is 11.2. The topological polar surface area (TPSA) is 29.9 Å². The summed E-state index contributed by atoms with van der Waals surface area (Å²) in [6, 6.07) is 8.60. The Labute approximate surface area is 122 Å². The van der Waals surface area contributed by atoms with Crippen molar-refractivity contribution in [3.63, 3.8) is 0 Å². The molecule has 20 heavy (non-hydrogen) atoms. The van der Waals surface area contributed by atoms with Crippen molar-refractivity contribution in [3.8, 4) is 0 Å². The molecule has 3 heteroatoms. The maximum absolute atomic E-state index is 4.61. The molecular weight excluding hydrogens is 246 g/mol. The number of nitrogens with zero attached hydrogens (tertiary/aromatic N) is 2. The van der Waals surface area contributed by atoms with Crippen LogP contribution in [-0.2, 0) is 13.1 Å². The minimum atomic E-state index is 0.678. The highest BCUT2D eigenvalue weighted by Gasteiger charge is 2.05. The number of aromatic nitrogens is 2. The average Bonchev–Trinajstić information content (AvgIpc) is 2.69. The van der Waals surface area contributed by atoms with Gasteiger partial charge in [0, 0.05) is 18.3 Å². The van der Waals surface area contributed by atoms with Gasteiger partial charge in [0.1, 0.15) is 0 Å². The molecule has 108 valence electrons. The molecule has 0 aliphatic heterocycles. The number of nitrogens with one attached hydrogen (secondary N) is 1. The molecule has 1 N–H and O–H groups in total. The van der Waals surface area contributed by atoms with Gasteiger partial charge in [-0.05, 0) is 31.9 Å². The highest BCUT2D eigenvalue weighted by molar-refractivity contribution is 5.23. The summed E-state index contributed by atoms with van der Waals surface area (Å²) in [6.45, 7) is 11.4. The largest absolute Gasteiger partial charge is 0.312 e. The zero-order chi connectivity index (χ0) is 14.5. The smallest absolute Gasteiger partial charge is 0.0659 e. The summed E-state index contributed by atoms with van der Waals surface area (Å²) in [5, 5.41) is 8.08. The molecule has 0 saturated heterocycles. The Bertz CT molecular complexity index is 555. The van der Waals surface area contributed by atoms with Gasteiger partial charge in [-0.2, -0.15) is 5.10 Å². The first-order chi connectivity index (χ1) is 9.54. The highest BCUT2D eigenvalue weighted by Crippen LogP contribution is 2.10. The maximum atomic E-state index is 4.61. The number of aryl methyl sites for hydroxylation is 2. The lowest BCUT2D eigenvalue weighted by Gasteiger charge is -2.06. The summed E-state index contributed by atoms with van der Waals surface area (Å²) >= 11 is 0. The molecule has 0 amide bonds. The van der Waals surface area contributed by atoms with E-state index < -0.39 is 0 Å². The van der Waals surface area contributed by atoms with Crippen molar-refractivity contribution in [2.75, 3.05) is 6.54 Å². The van der Waals surface area contributed by atoms with E-state index in [1.165, 1.54) is 16.7 Å². The Morgan fingerprint density at radius 1 is 1.25 bits per heavy atom. The van der Waals surface area contributed by atoms with Crippen LogP contribution >= 0.6 is 0 Å². The van der Waals surface area contributed by atoms with Crippen LogP contribution in [0.5, 0.6) is 0 Å². The highest BCUT2D eigenvalue weighted by atomic mass is 15.3. The molecule has 0 radical (unpaired) electrons. The van der Waals surface area contributed by atoms with Gasteiger partial charge in [-0.15, -0.1) is 0 Å². The molecule has 0 fully saturated rings. The minimum Gasteiger partial charge on any atom is -0.312 e. The van der Waals surface area contributed by atoms with Gasteiger partial charge in [0.2, 0.25) is 0 Å². The van der Waals surface area contributed by atoms with Gasteiger partial charge in [0.15, 0.2) is 0 Å². The van der Waals surface area contributed by atoms with E-state index in [4.69, 9.17) is 0 Å². The number of hydrogen-bond donors (Lipinski definition) is 1. The van der Waals surface area contributed by atoms with E-state index in [0.29, 0.717) is 5.92 Å². The quantitative estimate of drug-likeness (QED) is 0.873. The van der Waals surface area contributed by atoms with Crippen LogP contribution in [0.1, 0.15) is 36.2 Å². The number of benzene rings is 1. The molecule has 0 aliphatic rings. The van der Waals surface area contributed by atoms with E-state index in [9.17, 15) is 0 Å². The van der Waals surface area contributed by atoms with Crippen molar-refractivity contribution in [2.45, 2.75) is 40.8 Å². The zero-order valence-electron chi connectivity index (χ0n) is 13.0. The molecule has 2 aromatic rings. The van der Waals surface area contributed by atoms with Gasteiger partial charge in [0.05, 0.1) is 12.2 Å². The lowest BCUT2D eigenvalue weighted by molar-refractivity contribution is 0.551. The first-order valence-electron chi connectivity index (χ1n) is 7.34. The van der Waals surface area contributed by atoms with Crippen molar-refractivity contribution >= 4 is 0 Å². The lowest BCUT2D eigenvalue weighted by Crippen LogP contribution is -2.19. The minimum absolute atomic E-state index is 0.678. The first-order valence-corrected chi connectivity index (χ1v) is 7.34. The van der Waals surface area contributed by atoms with Crippen LogP contribution in [0.25, 0.3) is 0 Å². The van der Waals surface area contributed by atoms with Gasteiger partial charge in [-0.25, -0.2) is 0 Å². The monoisotopic (exact) mass is 271 g/mol. The molecule has 0 spiro atoms. The summed E-state index contributed by atoms with van der Waals surface area (Å²) in [6.07, 6.45) is 2.16. The van der Waals surface area contributed by atoms with Crippen molar-refractivity contribution in [3.05, 3.63) is 52.8 Å². The molecule has 0 atom stereocenters. The van der Waals surface area contributed by atoms with Crippen LogP contribution in [0, 0.1) is 19.8 Å². The maximum Gasteiger partial charge on any atom is 0.0659 e. The van der Waals surface area contributed by atoms with Crippen LogP contribution in [0.4, 0.5) is 0 Å². The molecule has 1 heterocycles. The molecular formula is C17H25N3.